The van der Waals surface area contributed by atoms with Crippen molar-refractivity contribution in [2.75, 3.05) is 11.4 Å². The number of benzene rings is 1. The molecule has 1 aromatic carbocycles. The number of aromatic nitrogens is 6. The maximum Gasteiger partial charge on any atom is 0.412 e. The lowest BCUT2D eigenvalue weighted by Crippen LogP contribution is -2.41. The van der Waals surface area contributed by atoms with Crippen molar-refractivity contribution in [3.05, 3.63) is 59.9 Å². The third-order valence-corrected chi connectivity index (χ3v) is 6.52. The lowest BCUT2D eigenvalue weighted by Gasteiger charge is -2.33. The number of carboxylic acid groups (broad SMARTS) is 1. The van der Waals surface area contributed by atoms with E-state index in [1.165, 1.54) is 4.90 Å². The number of hydrogen-bond donors (Lipinski definition) is 2. The molecule has 1 atom stereocenters. The van der Waals surface area contributed by atoms with E-state index in [0.717, 1.165) is 79.1 Å². The third-order valence-electron chi connectivity index (χ3n) is 6.52. The molecule has 0 unspecified atom stereocenters. The molecule has 0 spiro atoms. The van der Waals surface area contributed by atoms with Gasteiger partial charge in [-0.1, -0.05) is 0 Å². The summed E-state index contributed by atoms with van der Waals surface area (Å²) in [6, 6.07) is 5.84. The lowest BCUT2D eigenvalue weighted by molar-refractivity contribution is 0.198. The highest BCUT2D eigenvalue weighted by atomic mass is 16.4. The van der Waals surface area contributed by atoms with Crippen LogP contribution < -0.4 is 10.2 Å². The Morgan fingerprint density at radius 1 is 1.26 bits per heavy atom. The van der Waals surface area contributed by atoms with Gasteiger partial charge in [-0.05, 0) is 38.0 Å². The molecule has 5 rings (SSSR count). The topological polar surface area (TPSA) is 106 Å². The van der Waals surface area contributed by atoms with Crippen LogP contribution in [-0.2, 0) is 39.5 Å². The molecule has 178 valence electrons. The smallest absolute Gasteiger partial charge is 0.412 e. The molecule has 1 amide bonds. The second kappa shape index (κ2) is 9.30. The largest absolute Gasteiger partial charge is 0.465 e. The van der Waals surface area contributed by atoms with E-state index in [4.69, 9.17) is 4.98 Å². The Morgan fingerprint density at radius 3 is 2.88 bits per heavy atom. The average molecular weight is 463 g/mol. The molecule has 0 bridgehead atoms. The zero-order chi connectivity index (χ0) is 23.7. The first-order chi connectivity index (χ1) is 16.5. The zero-order valence-electron chi connectivity index (χ0n) is 19.6. The minimum absolute atomic E-state index is 0.0412. The minimum atomic E-state index is -0.911. The van der Waals surface area contributed by atoms with E-state index in [9.17, 15) is 9.90 Å². The number of anilines is 1. The number of nitrogens with zero attached hydrogens (tertiary/aromatic N) is 7. The Balaban J connectivity index is 1.44. The van der Waals surface area contributed by atoms with E-state index >= 15 is 0 Å². The highest BCUT2D eigenvalue weighted by Gasteiger charge is 2.30. The molecule has 0 saturated heterocycles. The van der Waals surface area contributed by atoms with Crippen molar-refractivity contribution in [3.63, 3.8) is 0 Å². The minimum Gasteiger partial charge on any atom is -0.465 e. The number of imidazole rings is 1. The fourth-order valence-corrected chi connectivity index (χ4v) is 4.84. The Labute approximate surface area is 197 Å². The zero-order valence-corrected chi connectivity index (χ0v) is 19.6. The van der Waals surface area contributed by atoms with Crippen LogP contribution in [0.25, 0.3) is 11.0 Å². The maximum atomic E-state index is 11.9. The number of aryl methyl sites for hydroxylation is 4. The van der Waals surface area contributed by atoms with Gasteiger partial charge in [0.25, 0.3) is 0 Å². The van der Waals surface area contributed by atoms with Gasteiger partial charge in [-0.2, -0.15) is 10.2 Å². The Morgan fingerprint density at radius 2 is 2.15 bits per heavy atom. The van der Waals surface area contributed by atoms with Gasteiger partial charge in [0, 0.05) is 75.4 Å². The monoisotopic (exact) mass is 462 g/mol. The fourth-order valence-electron chi connectivity index (χ4n) is 4.84. The first kappa shape index (κ1) is 22.1. The predicted octanol–water partition coefficient (Wildman–Crippen LogP) is 2.82. The van der Waals surface area contributed by atoms with Crippen LogP contribution in [0, 0.1) is 0 Å². The summed E-state index contributed by atoms with van der Waals surface area (Å²) in [4.78, 5) is 18.5. The van der Waals surface area contributed by atoms with E-state index in [0.29, 0.717) is 0 Å². The number of fused-ring (bicyclic) bond motifs is 3. The van der Waals surface area contributed by atoms with Crippen LogP contribution in [0.15, 0.2) is 43.0 Å². The highest BCUT2D eigenvalue weighted by molar-refractivity contribution is 5.94. The first-order valence-corrected chi connectivity index (χ1v) is 11.7. The summed E-state index contributed by atoms with van der Waals surface area (Å²) < 4.78 is 5.98. The molecule has 0 fully saturated rings. The Bertz CT molecular complexity index is 1290. The molecule has 2 N–H and O–H groups in total. The molecule has 3 aromatic heterocycles. The summed E-state index contributed by atoms with van der Waals surface area (Å²) in [5.41, 5.74) is 4.90. The predicted molar refractivity (Wildman–Crippen MR) is 129 cm³/mol. The molecule has 0 saturated carbocycles. The lowest BCUT2D eigenvalue weighted by atomic mass is 9.96. The Kier molecular flexibility index (Phi) is 6.06. The highest BCUT2D eigenvalue weighted by Crippen LogP contribution is 2.36. The van der Waals surface area contributed by atoms with E-state index in [1.54, 1.807) is 10.9 Å². The fraction of sp³-hybridized carbons (Fsp3) is 0.417. The second-order valence-corrected chi connectivity index (χ2v) is 8.87. The standard InChI is InChI=1S/C24H30N8O2/c1-17-4-5-19-20(32(17)24(33)34)6-7-21-23(19)28-22(8-12-30-11-3-9-26-30)31(21)13-10-25-14-18-15-27-29(2)16-18/h3,6-7,9,11,15-17,25H,4-5,8,10,12-14H2,1-2H3,(H,33,34)/t17-/m0/s1. The van der Waals surface area contributed by atoms with Crippen LogP contribution >= 0.6 is 0 Å². The molecule has 10 nitrogen and oxygen atoms in total. The van der Waals surface area contributed by atoms with Crippen molar-refractivity contribution in [1.82, 2.24) is 34.4 Å². The van der Waals surface area contributed by atoms with Crippen LogP contribution in [0.4, 0.5) is 10.5 Å². The number of rotatable bonds is 8. The number of carbonyl (C=O) groups is 1. The summed E-state index contributed by atoms with van der Waals surface area (Å²) in [5, 5.41) is 21.8. The normalized spacial score (nSPS) is 15.7. The van der Waals surface area contributed by atoms with Crippen molar-refractivity contribution in [2.45, 2.75) is 51.9 Å². The van der Waals surface area contributed by atoms with Gasteiger partial charge in [0.2, 0.25) is 0 Å². The molecule has 10 heteroatoms. The van der Waals surface area contributed by atoms with Crippen LogP contribution in [0.3, 0.4) is 0 Å². The van der Waals surface area contributed by atoms with Crippen molar-refractivity contribution < 1.29 is 9.90 Å². The van der Waals surface area contributed by atoms with Crippen molar-refractivity contribution in [1.29, 1.82) is 0 Å². The van der Waals surface area contributed by atoms with Crippen molar-refractivity contribution >= 4 is 22.8 Å². The van der Waals surface area contributed by atoms with Crippen LogP contribution in [0.2, 0.25) is 0 Å². The molecule has 34 heavy (non-hydrogen) atoms. The van der Waals surface area contributed by atoms with Crippen molar-refractivity contribution in [2.24, 2.45) is 7.05 Å². The summed E-state index contributed by atoms with van der Waals surface area (Å²) in [6.45, 7) is 5.00. The van der Waals surface area contributed by atoms with Crippen LogP contribution in [0.5, 0.6) is 0 Å². The molecule has 1 aliphatic heterocycles. The molecule has 4 heterocycles. The number of nitrogens with one attached hydrogen (secondary N) is 1. The van der Waals surface area contributed by atoms with Gasteiger partial charge in [0.05, 0.1) is 22.9 Å². The van der Waals surface area contributed by atoms with Gasteiger partial charge in [0.1, 0.15) is 5.82 Å². The first-order valence-electron chi connectivity index (χ1n) is 11.7. The quantitative estimate of drug-likeness (QED) is 0.390. The Hall–Kier alpha value is -3.66. The van der Waals surface area contributed by atoms with Gasteiger partial charge >= 0.3 is 6.09 Å². The third kappa shape index (κ3) is 4.28. The van der Waals surface area contributed by atoms with Gasteiger partial charge in [0.15, 0.2) is 0 Å². The molecule has 4 aromatic rings. The van der Waals surface area contributed by atoms with Crippen molar-refractivity contribution in [3.8, 4) is 0 Å². The van der Waals surface area contributed by atoms with E-state index in [1.807, 2.05) is 55.4 Å². The van der Waals surface area contributed by atoms with Gasteiger partial charge in [-0.3, -0.25) is 14.3 Å². The second-order valence-electron chi connectivity index (χ2n) is 8.87. The SMILES string of the molecule is C[C@H]1CCc2c(ccc3c2nc(CCn2cccn2)n3CCNCc2cnn(C)c2)N1C(=O)O. The van der Waals surface area contributed by atoms with E-state index in [2.05, 4.69) is 20.1 Å². The number of amides is 1. The van der Waals surface area contributed by atoms with Gasteiger partial charge in [-0.15, -0.1) is 0 Å². The van der Waals surface area contributed by atoms with Crippen LogP contribution in [0.1, 0.15) is 30.3 Å². The number of hydrogen-bond acceptors (Lipinski definition) is 5. The summed E-state index contributed by atoms with van der Waals surface area (Å²) in [5.74, 6) is 0.988. The summed E-state index contributed by atoms with van der Waals surface area (Å²) in [7, 11) is 1.92. The average Bonchev–Trinajstić information content (AvgIpc) is 3.55. The van der Waals surface area contributed by atoms with E-state index < -0.39 is 6.09 Å². The summed E-state index contributed by atoms with van der Waals surface area (Å²) >= 11 is 0. The molecular formula is C24H30N8O2. The van der Waals surface area contributed by atoms with Crippen LogP contribution in [-0.4, -0.2) is 52.9 Å². The van der Waals surface area contributed by atoms with E-state index in [-0.39, 0.29) is 6.04 Å². The molecule has 0 aliphatic carbocycles. The maximum absolute atomic E-state index is 11.9. The molecule has 1 aliphatic rings. The summed E-state index contributed by atoms with van der Waals surface area (Å²) in [6.07, 6.45) is 9.07. The van der Waals surface area contributed by atoms with Gasteiger partial charge in [-0.25, -0.2) is 9.78 Å². The van der Waals surface area contributed by atoms with Gasteiger partial charge < -0.3 is 15.0 Å². The molecule has 0 radical (unpaired) electrons. The molecular weight excluding hydrogens is 432 g/mol.